The molecular formula is C14H20ClNO2. The standard InChI is InChI=1S/C14H20ClNO2/c1-17-14-6-5-12(15)8-11(14)9-18-10-13-4-2-3-7-16-13/h5-6,8,13,16H,2-4,7,9-10H2,1H3. The quantitative estimate of drug-likeness (QED) is 0.891. The molecule has 1 heterocycles. The molecule has 2 rings (SSSR count). The lowest BCUT2D eigenvalue weighted by Gasteiger charge is -2.23. The fraction of sp³-hybridized carbons (Fsp3) is 0.571. The van der Waals surface area contributed by atoms with Gasteiger partial charge in [-0.3, -0.25) is 0 Å². The maximum Gasteiger partial charge on any atom is 0.124 e. The van der Waals surface area contributed by atoms with Crippen LogP contribution in [0.25, 0.3) is 0 Å². The third kappa shape index (κ3) is 3.87. The van der Waals surface area contributed by atoms with Gasteiger partial charge in [0, 0.05) is 16.6 Å². The molecule has 4 heteroatoms. The van der Waals surface area contributed by atoms with Crippen molar-refractivity contribution in [2.45, 2.75) is 31.9 Å². The van der Waals surface area contributed by atoms with Crippen LogP contribution < -0.4 is 10.1 Å². The lowest BCUT2D eigenvalue weighted by Crippen LogP contribution is -2.37. The molecule has 3 nitrogen and oxygen atoms in total. The summed E-state index contributed by atoms with van der Waals surface area (Å²) in [6, 6.07) is 6.09. The topological polar surface area (TPSA) is 30.5 Å². The highest BCUT2D eigenvalue weighted by atomic mass is 35.5. The van der Waals surface area contributed by atoms with Crippen LogP contribution in [0, 0.1) is 0 Å². The fourth-order valence-electron chi connectivity index (χ4n) is 2.24. The van der Waals surface area contributed by atoms with Gasteiger partial charge in [0.2, 0.25) is 0 Å². The Labute approximate surface area is 113 Å². The zero-order valence-corrected chi connectivity index (χ0v) is 11.5. The molecule has 1 aliphatic rings. The molecular weight excluding hydrogens is 250 g/mol. The molecule has 0 aromatic heterocycles. The third-order valence-electron chi connectivity index (χ3n) is 3.23. The molecule has 1 unspecified atom stereocenters. The maximum atomic E-state index is 5.98. The minimum absolute atomic E-state index is 0.490. The van der Waals surface area contributed by atoms with Gasteiger partial charge in [0.25, 0.3) is 0 Å². The Morgan fingerprint density at radius 1 is 1.39 bits per heavy atom. The molecule has 0 spiro atoms. The van der Waals surface area contributed by atoms with E-state index < -0.39 is 0 Å². The van der Waals surface area contributed by atoms with Crippen molar-refractivity contribution in [1.29, 1.82) is 0 Å². The number of methoxy groups -OCH3 is 1. The van der Waals surface area contributed by atoms with Crippen LogP contribution in [0.4, 0.5) is 0 Å². The van der Waals surface area contributed by atoms with Gasteiger partial charge in [-0.05, 0) is 37.6 Å². The zero-order chi connectivity index (χ0) is 12.8. The van der Waals surface area contributed by atoms with Gasteiger partial charge in [-0.2, -0.15) is 0 Å². The molecule has 1 N–H and O–H groups in total. The van der Waals surface area contributed by atoms with Crippen molar-refractivity contribution >= 4 is 11.6 Å². The highest BCUT2D eigenvalue weighted by molar-refractivity contribution is 6.30. The molecule has 18 heavy (non-hydrogen) atoms. The summed E-state index contributed by atoms with van der Waals surface area (Å²) in [5, 5.41) is 4.18. The van der Waals surface area contributed by atoms with E-state index in [0.29, 0.717) is 17.7 Å². The molecule has 0 bridgehead atoms. The second-order valence-electron chi connectivity index (χ2n) is 4.62. The third-order valence-corrected chi connectivity index (χ3v) is 3.47. The van der Waals surface area contributed by atoms with Crippen LogP contribution in [-0.2, 0) is 11.3 Å². The number of hydrogen-bond donors (Lipinski definition) is 1. The summed E-state index contributed by atoms with van der Waals surface area (Å²) in [5.74, 6) is 0.830. The van der Waals surface area contributed by atoms with Crippen molar-refractivity contribution in [2.24, 2.45) is 0 Å². The van der Waals surface area contributed by atoms with Crippen LogP contribution in [0.1, 0.15) is 24.8 Å². The number of nitrogens with one attached hydrogen (secondary N) is 1. The van der Waals surface area contributed by atoms with E-state index in [0.717, 1.165) is 24.5 Å². The van der Waals surface area contributed by atoms with E-state index in [1.165, 1.54) is 19.3 Å². The minimum atomic E-state index is 0.490. The van der Waals surface area contributed by atoms with Gasteiger partial charge < -0.3 is 14.8 Å². The highest BCUT2D eigenvalue weighted by Crippen LogP contribution is 2.23. The predicted octanol–water partition coefficient (Wildman–Crippen LogP) is 3.01. The summed E-state index contributed by atoms with van der Waals surface area (Å²) in [4.78, 5) is 0. The first kappa shape index (κ1) is 13.7. The van der Waals surface area contributed by atoms with Gasteiger partial charge in [-0.15, -0.1) is 0 Å². The molecule has 0 radical (unpaired) electrons. The summed E-state index contributed by atoms with van der Waals surface area (Å²) in [6.07, 6.45) is 3.77. The second-order valence-corrected chi connectivity index (χ2v) is 5.05. The number of halogens is 1. The lowest BCUT2D eigenvalue weighted by atomic mass is 10.1. The Morgan fingerprint density at radius 2 is 2.28 bits per heavy atom. The van der Waals surface area contributed by atoms with Crippen molar-refractivity contribution in [3.05, 3.63) is 28.8 Å². The molecule has 0 saturated carbocycles. The molecule has 1 aromatic carbocycles. The molecule has 1 aromatic rings. The van der Waals surface area contributed by atoms with Gasteiger partial charge in [-0.25, -0.2) is 0 Å². The van der Waals surface area contributed by atoms with Crippen LogP contribution >= 0.6 is 11.6 Å². The van der Waals surface area contributed by atoms with E-state index in [-0.39, 0.29) is 0 Å². The normalized spacial score (nSPS) is 19.8. The Hall–Kier alpha value is -0.770. The summed E-state index contributed by atoms with van der Waals surface area (Å²) >= 11 is 5.98. The minimum Gasteiger partial charge on any atom is -0.496 e. The van der Waals surface area contributed by atoms with Gasteiger partial charge in [-0.1, -0.05) is 18.0 Å². The molecule has 1 atom stereocenters. The average Bonchev–Trinajstić information content (AvgIpc) is 2.40. The predicted molar refractivity (Wildman–Crippen MR) is 73.3 cm³/mol. The van der Waals surface area contributed by atoms with E-state index >= 15 is 0 Å². The molecule has 0 amide bonds. The van der Waals surface area contributed by atoms with Gasteiger partial charge >= 0.3 is 0 Å². The first-order chi connectivity index (χ1) is 8.79. The molecule has 1 saturated heterocycles. The largest absolute Gasteiger partial charge is 0.496 e. The highest BCUT2D eigenvalue weighted by Gasteiger charge is 2.12. The number of benzene rings is 1. The van der Waals surface area contributed by atoms with E-state index in [4.69, 9.17) is 21.1 Å². The Balaban J connectivity index is 1.83. The van der Waals surface area contributed by atoms with Gasteiger partial charge in [0.15, 0.2) is 0 Å². The van der Waals surface area contributed by atoms with Crippen LogP contribution in [0.5, 0.6) is 5.75 Å². The number of ether oxygens (including phenoxy) is 2. The Kier molecular flexibility index (Phi) is 5.29. The van der Waals surface area contributed by atoms with E-state index in [9.17, 15) is 0 Å². The molecule has 1 fully saturated rings. The van der Waals surface area contributed by atoms with E-state index in [1.807, 2.05) is 18.2 Å². The zero-order valence-electron chi connectivity index (χ0n) is 10.7. The molecule has 1 aliphatic heterocycles. The smallest absolute Gasteiger partial charge is 0.124 e. The van der Waals surface area contributed by atoms with E-state index in [2.05, 4.69) is 5.32 Å². The average molecular weight is 270 g/mol. The summed E-state index contributed by atoms with van der Waals surface area (Å²) < 4.78 is 11.0. The molecule has 100 valence electrons. The number of piperidine rings is 1. The van der Waals surface area contributed by atoms with Crippen LogP contribution in [0.15, 0.2) is 18.2 Å². The van der Waals surface area contributed by atoms with Crippen molar-refractivity contribution < 1.29 is 9.47 Å². The first-order valence-corrected chi connectivity index (χ1v) is 6.81. The van der Waals surface area contributed by atoms with Crippen LogP contribution in [-0.4, -0.2) is 26.3 Å². The lowest BCUT2D eigenvalue weighted by molar-refractivity contribution is 0.0897. The summed E-state index contributed by atoms with van der Waals surface area (Å²) in [6.45, 7) is 2.39. The SMILES string of the molecule is COc1ccc(Cl)cc1COCC1CCCCN1. The molecule has 0 aliphatic carbocycles. The van der Waals surface area contributed by atoms with Crippen molar-refractivity contribution in [2.75, 3.05) is 20.3 Å². The van der Waals surface area contributed by atoms with Crippen LogP contribution in [0.3, 0.4) is 0 Å². The van der Waals surface area contributed by atoms with Crippen molar-refractivity contribution in [3.63, 3.8) is 0 Å². The second kappa shape index (κ2) is 6.98. The summed E-state index contributed by atoms with van der Waals surface area (Å²) in [5.41, 5.74) is 1.00. The Morgan fingerprint density at radius 3 is 3.00 bits per heavy atom. The van der Waals surface area contributed by atoms with Crippen LogP contribution in [0.2, 0.25) is 5.02 Å². The Bertz CT molecular complexity index is 378. The fourth-order valence-corrected chi connectivity index (χ4v) is 2.43. The number of hydrogen-bond acceptors (Lipinski definition) is 3. The van der Waals surface area contributed by atoms with Crippen molar-refractivity contribution in [1.82, 2.24) is 5.32 Å². The number of rotatable bonds is 5. The van der Waals surface area contributed by atoms with Crippen molar-refractivity contribution in [3.8, 4) is 5.75 Å². The maximum absolute atomic E-state index is 5.98. The van der Waals surface area contributed by atoms with Gasteiger partial charge in [0.1, 0.15) is 5.75 Å². The monoisotopic (exact) mass is 269 g/mol. The summed E-state index contributed by atoms with van der Waals surface area (Å²) in [7, 11) is 1.66. The van der Waals surface area contributed by atoms with Gasteiger partial charge in [0.05, 0.1) is 20.3 Å². The van der Waals surface area contributed by atoms with E-state index in [1.54, 1.807) is 7.11 Å². The first-order valence-electron chi connectivity index (χ1n) is 6.43.